The van der Waals surface area contributed by atoms with Gasteiger partial charge in [0.15, 0.2) is 0 Å². The first kappa shape index (κ1) is 23.9. The lowest BCUT2D eigenvalue weighted by Crippen LogP contribution is -2.43. The van der Waals surface area contributed by atoms with Crippen LogP contribution in [0.1, 0.15) is 10.4 Å². The molecular weight excluding hydrogens is 468 g/mol. The second kappa shape index (κ2) is 10.4. The lowest BCUT2D eigenvalue weighted by molar-refractivity contribution is -0.111. The number of hydrogen-bond donors (Lipinski definition) is 4. The summed E-state index contributed by atoms with van der Waals surface area (Å²) >= 11 is 0. The molecule has 37 heavy (non-hydrogen) atoms. The van der Waals surface area contributed by atoms with E-state index in [1.165, 1.54) is 6.08 Å². The van der Waals surface area contributed by atoms with Crippen molar-refractivity contribution in [1.29, 1.82) is 0 Å². The SMILES string of the molecule is C=CC(=O)Nc1ccnc(-c2cccc3cnc(Nc4ccc(N5CCNCC5)cc4C(N)=O)nc23)c1. The van der Waals surface area contributed by atoms with Crippen LogP contribution in [0.15, 0.2) is 73.6 Å². The molecule has 3 heterocycles. The van der Waals surface area contributed by atoms with E-state index in [0.29, 0.717) is 34.1 Å². The van der Waals surface area contributed by atoms with Gasteiger partial charge in [-0.25, -0.2) is 9.97 Å². The maximum Gasteiger partial charge on any atom is 0.250 e. The Morgan fingerprint density at radius 2 is 1.92 bits per heavy atom. The molecule has 1 fully saturated rings. The topological polar surface area (TPSA) is 138 Å². The quantitative estimate of drug-likeness (QED) is 0.288. The van der Waals surface area contributed by atoms with Gasteiger partial charge in [-0.2, -0.15) is 0 Å². The van der Waals surface area contributed by atoms with Gasteiger partial charge < -0.3 is 26.6 Å². The zero-order valence-electron chi connectivity index (χ0n) is 20.1. The third kappa shape index (κ3) is 5.24. The number of benzene rings is 2. The van der Waals surface area contributed by atoms with E-state index in [1.807, 2.05) is 30.3 Å². The highest BCUT2D eigenvalue weighted by atomic mass is 16.1. The van der Waals surface area contributed by atoms with Crippen molar-refractivity contribution >= 4 is 45.7 Å². The Balaban J connectivity index is 1.49. The molecule has 10 nitrogen and oxygen atoms in total. The largest absolute Gasteiger partial charge is 0.369 e. The number of carbonyl (C=O) groups excluding carboxylic acids is 2. The summed E-state index contributed by atoms with van der Waals surface area (Å²) in [6.45, 7) is 6.97. The standard InChI is InChI=1S/C27H26N8O2/c1-2-24(36)32-18-8-9-30-23(14-18)20-5-3-4-17-16-31-27(34-25(17)20)33-22-7-6-19(15-21(22)26(28)37)35-12-10-29-11-13-35/h2-9,14-16,29H,1,10-13H2,(H2,28,37)(H,30,32,36)(H,31,33,34). The Bertz CT molecular complexity index is 1500. The molecule has 2 aromatic carbocycles. The molecule has 186 valence electrons. The van der Waals surface area contributed by atoms with E-state index in [9.17, 15) is 9.59 Å². The summed E-state index contributed by atoms with van der Waals surface area (Å²) in [6.07, 6.45) is 4.53. The number of anilines is 4. The lowest BCUT2D eigenvalue weighted by Gasteiger charge is -2.30. The highest BCUT2D eigenvalue weighted by Gasteiger charge is 2.16. The summed E-state index contributed by atoms with van der Waals surface area (Å²) in [7, 11) is 0. The summed E-state index contributed by atoms with van der Waals surface area (Å²) < 4.78 is 0. The van der Waals surface area contributed by atoms with E-state index in [0.717, 1.165) is 42.8 Å². The van der Waals surface area contributed by atoms with Crippen LogP contribution in [0.5, 0.6) is 0 Å². The van der Waals surface area contributed by atoms with Crippen molar-refractivity contribution in [2.24, 2.45) is 5.73 Å². The van der Waals surface area contributed by atoms with Crippen molar-refractivity contribution in [3.8, 4) is 11.3 Å². The van der Waals surface area contributed by atoms with Crippen molar-refractivity contribution in [2.45, 2.75) is 0 Å². The van der Waals surface area contributed by atoms with E-state index < -0.39 is 5.91 Å². The van der Waals surface area contributed by atoms with Gasteiger partial charge >= 0.3 is 0 Å². The molecule has 5 rings (SSSR count). The first-order valence-electron chi connectivity index (χ1n) is 11.8. The number of nitrogens with zero attached hydrogens (tertiary/aromatic N) is 4. The minimum atomic E-state index is -0.538. The van der Waals surface area contributed by atoms with Crippen LogP contribution in [0.2, 0.25) is 0 Å². The van der Waals surface area contributed by atoms with Crippen molar-refractivity contribution in [3.63, 3.8) is 0 Å². The van der Waals surface area contributed by atoms with Crippen molar-refractivity contribution < 1.29 is 9.59 Å². The third-order valence-electron chi connectivity index (χ3n) is 6.10. The highest BCUT2D eigenvalue weighted by Crippen LogP contribution is 2.30. The molecule has 10 heteroatoms. The van der Waals surface area contributed by atoms with Crippen LogP contribution >= 0.6 is 0 Å². The Hall–Kier alpha value is -4.83. The third-order valence-corrected chi connectivity index (χ3v) is 6.10. The molecule has 5 N–H and O–H groups in total. The molecule has 0 aliphatic carbocycles. The minimum Gasteiger partial charge on any atom is -0.369 e. The monoisotopic (exact) mass is 494 g/mol. The first-order chi connectivity index (χ1) is 18.0. The number of fused-ring (bicyclic) bond motifs is 1. The second-order valence-electron chi connectivity index (χ2n) is 8.52. The van der Waals surface area contributed by atoms with E-state index in [-0.39, 0.29) is 5.91 Å². The van der Waals surface area contributed by atoms with Crippen LogP contribution in [-0.4, -0.2) is 52.9 Å². The average molecular weight is 495 g/mol. The van der Waals surface area contributed by atoms with Crippen LogP contribution < -0.4 is 26.6 Å². The predicted molar refractivity (Wildman–Crippen MR) is 145 cm³/mol. The smallest absolute Gasteiger partial charge is 0.250 e. The Morgan fingerprint density at radius 3 is 2.70 bits per heavy atom. The Labute approximate surface area is 213 Å². The number of nitrogens with two attached hydrogens (primary N) is 1. The molecule has 1 aliphatic heterocycles. The Morgan fingerprint density at radius 1 is 1.08 bits per heavy atom. The van der Waals surface area contributed by atoms with Crippen LogP contribution in [0.3, 0.4) is 0 Å². The van der Waals surface area contributed by atoms with Gasteiger partial charge in [0.2, 0.25) is 11.9 Å². The number of para-hydroxylation sites is 1. The molecule has 0 atom stereocenters. The number of carbonyl (C=O) groups is 2. The fourth-order valence-electron chi connectivity index (χ4n) is 4.26. The second-order valence-corrected chi connectivity index (χ2v) is 8.52. The van der Waals surface area contributed by atoms with Crippen molar-refractivity contribution in [2.75, 3.05) is 41.7 Å². The molecule has 2 aromatic heterocycles. The minimum absolute atomic E-state index is 0.308. The van der Waals surface area contributed by atoms with Gasteiger partial charge in [0, 0.05) is 60.9 Å². The van der Waals surface area contributed by atoms with Crippen LogP contribution in [-0.2, 0) is 4.79 Å². The molecule has 1 saturated heterocycles. The number of piperazine rings is 1. The number of primary amides is 1. The van der Waals surface area contributed by atoms with Gasteiger partial charge in [-0.1, -0.05) is 24.8 Å². The lowest BCUT2D eigenvalue weighted by atomic mass is 10.1. The number of pyridine rings is 1. The van der Waals surface area contributed by atoms with Gasteiger partial charge in [0.1, 0.15) is 0 Å². The van der Waals surface area contributed by atoms with Crippen molar-refractivity contribution in [1.82, 2.24) is 20.3 Å². The summed E-state index contributed by atoms with van der Waals surface area (Å²) in [5, 5.41) is 10.0. The predicted octanol–water partition coefficient (Wildman–Crippen LogP) is 3.07. The van der Waals surface area contributed by atoms with E-state index >= 15 is 0 Å². The number of aromatic nitrogens is 3. The summed E-state index contributed by atoms with van der Waals surface area (Å²) in [6, 6.07) is 14.8. The zero-order chi connectivity index (χ0) is 25.8. The molecule has 1 aliphatic rings. The van der Waals surface area contributed by atoms with Crippen LogP contribution in [0.25, 0.3) is 22.2 Å². The fraction of sp³-hybridized carbons (Fsp3) is 0.148. The number of amides is 2. The fourth-order valence-corrected chi connectivity index (χ4v) is 4.26. The maximum absolute atomic E-state index is 12.3. The Kier molecular flexibility index (Phi) is 6.73. The number of rotatable bonds is 7. The molecule has 0 radical (unpaired) electrons. The van der Waals surface area contributed by atoms with Gasteiger partial charge in [-0.15, -0.1) is 0 Å². The van der Waals surface area contributed by atoms with Gasteiger partial charge in [-0.05, 0) is 36.4 Å². The molecule has 0 saturated carbocycles. The van der Waals surface area contributed by atoms with Crippen LogP contribution in [0, 0.1) is 0 Å². The maximum atomic E-state index is 12.3. The van der Waals surface area contributed by atoms with Gasteiger partial charge in [-0.3, -0.25) is 14.6 Å². The first-order valence-corrected chi connectivity index (χ1v) is 11.8. The normalized spacial score (nSPS) is 13.2. The zero-order valence-corrected chi connectivity index (χ0v) is 20.1. The molecule has 0 bridgehead atoms. The van der Waals surface area contributed by atoms with E-state index in [4.69, 9.17) is 10.7 Å². The van der Waals surface area contributed by atoms with E-state index in [2.05, 4.69) is 37.4 Å². The number of nitrogens with one attached hydrogen (secondary N) is 3. The molecule has 0 unspecified atom stereocenters. The van der Waals surface area contributed by atoms with Crippen molar-refractivity contribution in [3.05, 3.63) is 79.1 Å². The van der Waals surface area contributed by atoms with Gasteiger partial charge in [0.05, 0.1) is 22.5 Å². The molecule has 4 aromatic rings. The summed E-state index contributed by atoms with van der Waals surface area (Å²) in [5.41, 5.74) is 10.2. The number of hydrogen-bond acceptors (Lipinski definition) is 8. The summed E-state index contributed by atoms with van der Waals surface area (Å²) in [4.78, 5) is 39.9. The average Bonchev–Trinajstić information content (AvgIpc) is 2.93. The highest BCUT2D eigenvalue weighted by molar-refractivity contribution is 6.01. The molecule has 0 spiro atoms. The van der Waals surface area contributed by atoms with Gasteiger partial charge in [0.25, 0.3) is 5.91 Å². The molecule has 2 amide bonds. The summed E-state index contributed by atoms with van der Waals surface area (Å²) in [5.74, 6) is -0.533. The van der Waals surface area contributed by atoms with Crippen LogP contribution in [0.4, 0.5) is 23.0 Å². The van der Waals surface area contributed by atoms with E-state index in [1.54, 1.807) is 30.6 Å². The molecular formula is C27H26N8O2.